The van der Waals surface area contributed by atoms with Crippen LogP contribution in [-0.2, 0) is 17.8 Å². The van der Waals surface area contributed by atoms with Crippen LogP contribution in [0.1, 0.15) is 22.6 Å². The number of carboxylic acids is 2. The number of hydrogen-bond acceptors (Lipinski definition) is 3. The molecule has 0 amide bonds. The molecule has 2 rings (SSSR count). The summed E-state index contributed by atoms with van der Waals surface area (Å²) in [6.45, 7) is 0.310. The highest BCUT2D eigenvalue weighted by atomic mass is 16.4. The van der Waals surface area contributed by atoms with Gasteiger partial charge >= 0.3 is 11.9 Å². The molecule has 1 aromatic heterocycles. The molecule has 6 heteroatoms. The Balaban J connectivity index is 2.30. The van der Waals surface area contributed by atoms with E-state index in [1.807, 2.05) is 0 Å². The first-order valence-electron chi connectivity index (χ1n) is 4.59. The lowest BCUT2D eigenvalue weighted by molar-refractivity contribution is -0.142. The molecule has 0 aliphatic carbocycles. The van der Waals surface area contributed by atoms with Crippen molar-refractivity contribution in [2.75, 3.05) is 0 Å². The molecule has 0 radical (unpaired) electrons. The molecule has 0 saturated carbocycles. The molecular weight excluding hydrogens is 200 g/mol. The zero-order valence-electron chi connectivity index (χ0n) is 7.88. The Labute approximate surface area is 85.2 Å². The van der Waals surface area contributed by atoms with Gasteiger partial charge in [-0.1, -0.05) is 0 Å². The number of aromatic nitrogens is 2. The molecule has 1 aliphatic heterocycles. The Hall–Kier alpha value is -1.85. The van der Waals surface area contributed by atoms with E-state index in [0.717, 1.165) is 0 Å². The number of aromatic carboxylic acids is 1. The Morgan fingerprint density at radius 1 is 1.47 bits per heavy atom. The minimum Gasteiger partial charge on any atom is -0.481 e. The van der Waals surface area contributed by atoms with Crippen LogP contribution in [0.5, 0.6) is 0 Å². The summed E-state index contributed by atoms with van der Waals surface area (Å²) in [5.74, 6) is -2.34. The molecule has 6 nitrogen and oxygen atoms in total. The van der Waals surface area contributed by atoms with E-state index in [1.54, 1.807) is 4.57 Å². The molecule has 1 unspecified atom stereocenters. The van der Waals surface area contributed by atoms with E-state index in [0.29, 0.717) is 25.1 Å². The Morgan fingerprint density at radius 3 is 2.80 bits per heavy atom. The van der Waals surface area contributed by atoms with E-state index in [2.05, 4.69) is 4.98 Å². The highest BCUT2D eigenvalue weighted by Crippen LogP contribution is 2.22. The van der Waals surface area contributed by atoms with Crippen LogP contribution in [0.25, 0.3) is 0 Å². The van der Waals surface area contributed by atoms with Gasteiger partial charge in [0.1, 0.15) is 0 Å². The van der Waals surface area contributed by atoms with Crippen LogP contribution in [-0.4, -0.2) is 31.7 Å². The smallest absolute Gasteiger partial charge is 0.356 e. The summed E-state index contributed by atoms with van der Waals surface area (Å²) in [7, 11) is 0. The van der Waals surface area contributed by atoms with Crippen LogP contribution in [0.15, 0.2) is 6.33 Å². The van der Waals surface area contributed by atoms with Crippen LogP contribution in [0.2, 0.25) is 0 Å². The minimum atomic E-state index is -1.06. The van der Waals surface area contributed by atoms with Gasteiger partial charge < -0.3 is 14.8 Å². The van der Waals surface area contributed by atoms with Gasteiger partial charge in [-0.05, 0) is 12.8 Å². The van der Waals surface area contributed by atoms with Crippen LogP contribution in [0, 0.1) is 5.92 Å². The maximum atomic E-state index is 10.8. The van der Waals surface area contributed by atoms with Gasteiger partial charge in [0.15, 0.2) is 5.69 Å². The van der Waals surface area contributed by atoms with Gasteiger partial charge in [0, 0.05) is 6.54 Å². The monoisotopic (exact) mass is 210 g/mol. The van der Waals surface area contributed by atoms with E-state index >= 15 is 0 Å². The molecule has 1 aliphatic rings. The molecule has 15 heavy (non-hydrogen) atoms. The van der Waals surface area contributed by atoms with Crippen molar-refractivity contribution >= 4 is 11.9 Å². The van der Waals surface area contributed by atoms with Crippen molar-refractivity contribution in [3.8, 4) is 0 Å². The highest BCUT2D eigenvalue weighted by Gasteiger charge is 2.27. The summed E-state index contributed by atoms with van der Waals surface area (Å²) in [5.41, 5.74) is 0.666. The average Bonchev–Trinajstić information content (AvgIpc) is 2.59. The molecule has 2 heterocycles. The molecule has 1 atom stereocenters. The fourth-order valence-corrected chi connectivity index (χ4v) is 1.85. The number of nitrogens with zero attached hydrogens (tertiary/aromatic N) is 2. The molecular formula is C9H10N2O4. The van der Waals surface area contributed by atoms with Gasteiger partial charge in [-0.3, -0.25) is 4.79 Å². The summed E-state index contributed by atoms with van der Waals surface area (Å²) in [6, 6.07) is 0. The van der Waals surface area contributed by atoms with Crippen molar-refractivity contribution in [3.63, 3.8) is 0 Å². The summed E-state index contributed by atoms with van der Waals surface area (Å²) >= 11 is 0. The third kappa shape index (κ3) is 1.58. The minimum absolute atomic E-state index is 0.0406. The molecule has 0 aromatic carbocycles. The molecule has 80 valence electrons. The van der Waals surface area contributed by atoms with Crippen LogP contribution in [0.4, 0.5) is 0 Å². The lowest BCUT2D eigenvalue weighted by atomic mass is 9.97. The maximum Gasteiger partial charge on any atom is 0.356 e. The van der Waals surface area contributed by atoms with Crippen molar-refractivity contribution in [2.24, 2.45) is 5.92 Å². The molecule has 0 bridgehead atoms. The predicted molar refractivity (Wildman–Crippen MR) is 48.6 cm³/mol. The van der Waals surface area contributed by atoms with Crippen LogP contribution < -0.4 is 0 Å². The van der Waals surface area contributed by atoms with E-state index in [4.69, 9.17) is 10.2 Å². The fourth-order valence-electron chi connectivity index (χ4n) is 1.85. The van der Waals surface area contributed by atoms with E-state index in [9.17, 15) is 9.59 Å². The standard InChI is InChI=1S/C9H10N2O4/c12-8(13)5-1-2-6-7(9(14)15)10-4-11(6)3-5/h4-5H,1-3H2,(H,12,13)(H,14,15). The first-order chi connectivity index (χ1) is 7.09. The zero-order valence-corrected chi connectivity index (χ0v) is 7.88. The average molecular weight is 210 g/mol. The zero-order chi connectivity index (χ0) is 11.0. The summed E-state index contributed by atoms with van der Waals surface area (Å²) in [5, 5.41) is 17.6. The fraction of sp³-hybridized carbons (Fsp3) is 0.444. The molecule has 0 fully saturated rings. The Bertz CT molecular complexity index is 424. The van der Waals surface area contributed by atoms with Crippen molar-refractivity contribution in [1.82, 2.24) is 9.55 Å². The number of fused-ring (bicyclic) bond motifs is 1. The van der Waals surface area contributed by atoms with Crippen molar-refractivity contribution in [2.45, 2.75) is 19.4 Å². The first-order valence-corrected chi connectivity index (χ1v) is 4.59. The largest absolute Gasteiger partial charge is 0.481 e. The molecule has 0 spiro atoms. The van der Waals surface area contributed by atoms with Gasteiger partial charge in [-0.15, -0.1) is 0 Å². The number of carbonyl (C=O) groups is 2. The summed E-state index contributed by atoms with van der Waals surface area (Å²) in [4.78, 5) is 25.3. The lowest BCUT2D eigenvalue weighted by Gasteiger charge is -2.20. The highest BCUT2D eigenvalue weighted by molar-refractivity contribution is 5.86. The topological polar surface area (TPSA) is 92.4 Å². The van der Waals surface area contributed by atoms with Gasteiger partial charge in [-0.25, -0.2) is 9.78 Å². The van der Waals surface area contributed by atoms with Crippen molar-refractivity contribution < 1.29 is 19.8 Å². The van der Waals surface area contributed by atoms with Crippen LogP contribution >= 0.6 is 0 Å². The molecule has 1 aromatic rings. The normalized spacial score (nSPS) is 19.6. The second-order valence-electron chi connectivity index (χ2n) is 3.57. The molecule has 2 N–H and O–H groups in total. The summed E-state index contributed by atoms with van der Waals surface area (Å²) in [6.07, 6.45) is 2.33. The second kappa shape index (κ2) is 3.38. The van der Waals surface area contributed by atoms with Gasteiger partial charge in [0.05, 0.1) is 17.9 Å². The van der Waals surface area contributed by atoms with E-state index < -0.39 is 17.9 Å². The SMILES string of the molecule is O=C(O)c1ncn2c1CCC(C(=O)O)C2. The predicted octanol–water partition coefficient (Wildman–Crippen LogP) is 0.228. The van der Waals surface area contributed by atoms with Crippen molar-refractivity contribution in [3.05, 3.63) is 17.7 Å². The van der Waals surface area contributed by atoms with Crippen molar-refractivity contribution in [1.29, 1.82) is 0 Å². The van der Waals surface area contributed by atoms with Gasteiger partial charge in [0.25, 0.3) is 0 Å². The number of rotatable bonds is 2. The Kier molecular flexibility index (Phi) is 2.18. The summed E-state index contributed by atoms with van der Waals surface area (Å²) < 4.78 is 1.62. The lowest BCUT2D eigenvalue weighted by Crippen LogP contribution is -2.26. The Morgan fingerprint density at radius 2 is 2.20 bits per heavy atom. The van der Waals surface area contributed by atoms with E-state index in [1.165, 1.54) is 6.33 Å². The quantitative estimate of drug-likeness (QED) is 0.728. The van der Waals surface area contributed by atoms with Crippen LogP contribution in [0.3, 0.4) is 0 Å². The third-order valence-corrected chi connectivity index (χ3v) is 2.64. The number of imidazole rings is 1. The van der Waals surface area contributed by atoms with Gasteiger partial charge in [0.2, 0.25) is 0 Å². The maximum absolute atomic E-state index is 10.8. The number of aliphatic carboxylic acids is 1. The number of carboxylic acid groups (broad SMARTS) is 2. The third-order valence-electron chi connectivity index (χ3n) is 2.64. The molecule has 0 saturated heterocycles. The number of hydrogen-bond donors (Lipinski definition) is 2. The second-order valence-corrected chi connectivity index (χ2v) is 3.57. The first kappa shape index (κ1) is 9.70. The van der Waals surface area contributed by atoms with Gasteiger partial charge in [-0.2, -0.15) is 0 Å². The van der Waals surface area contributed by atoms with E-state index in [-0.39, 0.29) is 5.69 Å².